The molecule has 3 N–H and O–H groups in total. The third kappa shape index (κ3) is 3.58. The molecule has 0 bridgehead atoms. The molecular formula is C7H16N2O. The van der Waals surface area contributed by atoms with Crippen LogP contribution in [0, 0.1) is 0 Å². The monoisotopic (exact) mass is 144 g/mol. The van der Waals surface area contributed by atoms with Crippen molar-refractivity contribution < 1.29 is 4.79 Å². The standard InChI is InChI=1S/C7H16N2O/c1-6(10)7(9-2)4-3-5-8/h7,9H,3-5,8H2,1-2H3/t7-/m1/s1. The zero-order valence-corrected chi connectivity index (χ0v) is 6.68. The van der Waals surface area contributed by atoms with Crippen LogP contribution in [0.25, 0.3) is 0 Å². The topological polar surface area (TPSA) is 55.1 Å². The molecule has 0 spiro atoms. The van der Waals surface area contributed by atoms with Gasteiger partial charge in [0.2, 0.25) is 0 Å². The molecule has 0 radical (unpaired) electrons. The average Bonchev–Trinajstić information content (AvgIpc) is 1.89. The molecule has 0 aliphatic heterocycles. The van der Waals surface area contributed by atoms with Crippen molar-refractivity contribution in [3.8, 4) is 0 Å². The minimum Gasteiger partial charge on any atom is -0.330 e. The maximum absolute atomic E-state index is 10.8. The van der Waals surface area contributed by atoms with Gasteiger partial charge in [0.25, 0.3) is 0 Å². The summed E-state index contributed by atoms with van der Waals surface area (Å²) in [6, 6.07) is 0.00329. The molecule has 0 rings (SSSR count). The van der Waals surface area contributed by atoms with Crippen LogP contribution in [-0.4, -0.2) is 25.4 Å². The lowest BCUT2D eigenvalue weighted by Crippen LogP contribution is -2.32. The molecule has 0 aliphatic carbocycles. The van der Waals surface area contributed by atoms with Crippen molar-refractivity contribution in [3.63, 3.8) is 0 Å². The highest BCUT2D eigenvalue weighted by atomic mass is 16.1. The summed E-state index contributed by atoms with van der Waals surface area (Å²) in [5.41, 5.74) is 5.29. The Morgan fingerprint density at radius 2 is 2.30 bits per heavy atom. The second kappa shape index (κ2) is 5.38. The van der Waals surface area contributed by atoms with Gasteiger partial charge in [-0.25, -0.2) is 0 Å². The predicted molar refractivity (Wildman–Crippen MR) is 41.8 cm³/mol. The van der Waals surface area contributed by atoms with Crippen LogP contribution in [0.4, 0.5) is 0 Å². The minimum absolute atomic E-state index is 0.00329. The molecule has 3 heteroatoms. The summed E-state index contributed by atoms with van der Waals surface area (Å²) < 4.78 is 0. The van der Waals surface area contributed by atoms with Gasteiger partial charge in [-0.1, -0.05) is 0 Å². The second-order valence-corrected chi connectivity index (χ2v) is 2.38. The van der Waals surface area contributed by atoms with Crippen LogP contribution in [0.15, 0.2) is 0 Å². The smallest absolute Gasteiger partial charge is 0.146 e. The van der Waals surface area contributed by atoms with Gasteiger partial charge in [-0.05, 0) is 33.4 Å². The highest BCUT2D eigenvalue weighted by Gasteiger charge is 2.08. The van der Waals surface area contributed by atoms with E-state index < -0.39 is 0 Å². The van der Waals surface area contributed by atoms with E-state index in [9.17, 15) is 4.79 Å². The van der Waals surface area contributed by atoms with Crippen LogP contribution in [0.3, 0.4) is 0 Å². The lowest BCUT2D eigenvalue weighted by atomic mass is 10.1. The van der Waals surface area contributed by atoms with E-state index >= 15 is 0 Å². The van der Waals surface area contributed by atoms with Crippen LogP contribution >= 0.6 is 0 Å². The van der Waals surface area contributed by atoms with Crippen LogP contribution in [0.1, 0.15) is 19.8 Å². The van der Waals surface area contributed by atoms with Gasteiger partial charge in [-0.2, -0.15) is 0 Å². The summed E-state index contributed by atoms with van der Waals surface area (Å²) in [5.74, 6) is 0.191. The van der Waals surface area contributed by atoms with Crippen LogP contribution in [0.2, 0.25) is 0 Å². The number of carbonyl (C=O) groups is 1. The maximum atomic E-state index is 10.8. The third-order valence-corrected chi connectivity index (χ3v) is 1.54. The first-order chi connectivity index (χ1) is 4.72. The molecule has 0 amide bonds. The number of nitrogens with two attached hydrogens (primary N) is 1. The largest absolute Gasteiger partial charge is 0.330 e. The lowest BCUT2D eigenvalue weighted by Gasteiger charge is -2.10. The zero-order valence-electron chi connectivity index (χ0n) is 6.68. The predicted octanol–water partition coefficient (Wildman–Crippen LogP) is -0.0977. The quantitative estimate of drug-likeness (QED) is 0.566. The lowest BCUT2D eigenvalue weighted by molar-refractivity contribution is -0.119. The molecule has 1 atom stereocenters. The van der Waals surface area contributed by atoms with E-state index in [1.165, 1.54) is 0 Å². The Labute approximate surface area is 62.0 Å². The van der Waals surface area contributed by atoms with Crippen molar-refractivity contribution in [2.24, 2.45) is 5.73 Å². The highest BCUT2D eigenvalue weighted by molar-refractivity contribution is 5.81. The average molecular weight is 144 g/mol. The van der Waals surface area contributed by atoms with Crippen molar-refractivity contribution in [3.05, 3.63) is 0 Å². The molecular weight excluding hydrogens is 128 g/mol. The van der Waals surface area contributed by atoms with Crippen molar-refractivity contribution in [1.29, 1.82) is 0 Å². The van der Waals surface area contributed by atoms with Gasteiger partial charge in [0.05, 0.1) is 6.04 Å². The maximum Gasteiger partial charge on any atom is 0.146 e. The number of ketones is 1. The molecule has 0 aromatic carbocycles. The number of likely N-dealkylation sites (N-methyl/N-ethyl adjacent to an activating group) is 1. The minimum atomic E-state index is 0.00329. The summed E-state index contributed by atoms with van der Waals surface area (Å²) in [6.07, 6.45) is 1.76. The van der Waals surface area contributed by atoms with Gasteiger partial charge in [-0.15, -0.1) is 0 Å². The number of hydrogen-bond donors (Lipinski definition) is 2. The van der Waals surface area contributed by atoms with Crippen molar-refractivity contribution >= 4 is 5.78 Å². The van der Waals surface area contributed by atoms with Gasteiger partial charge in [0.1, 0.15) is 5.78 Å². The van der Waals surface area contributed by atoms with E-state index in [2.05, 4.69) is 5.32 Å². The molecule has 0 heterocycles. The Hall–Kier alpha value is -0.410. The summed E-state index contributed by atoms with van der Waals surface area (Å²) in [4.78, 5) is 10.8. The third-order valence-electron chi connectivity index (χ3n) is 1.54. The van der Waals surface area contributed by atoms with E-state index in [1.54, 1.807) is 14.0 Å². The van der Waals surface area contributed by atoms with Crippen molar-refractivity contribution in [2.75, 3.05) is 13.6 Å². The Bertz CT molecular complexity index is 104. The summed E-state index contributed by atoms with van der Waals surface area (Å²) >= 11 is 0. The first kappa shape index (κ1) is 9.59. The Kier molecular flexibility index (Phi) is 5.16. The number of rotatable bonds is 5. The first-order valence-electron chi connectivity index (χ1n) is 3.60. The number of hydrogen-bond acceptors (Lipinski definition) is 3. The van der Waals surface area contributed by atoms with Crippen molar-refractivity contribution in [2.45, 2.75) is 25.8 Å². The summed E-state index contributed by atoms with van der Waals surface area (Å²) in [7, 11) is 1.79. The van der Waals surface area contributed by atoms with Crippen molar-refractivity contribution in [1.82, 2.24) is 5.32 Å². The molecule has 0 aromatic rings. The normalized spacial score (nSPS) is 13.1. The van der Waals surface area contributed by atoms with Crippen LogP contribution < -0.4 is 11.1 Å². The molecule has 0 fully saturated rings. The molecule has 0 aromatic heterocycles. The van der Waals surface area contributed by atoms with E-state index in [1.807, 2.05) is 0 Å². The zero-order chi connectivity index (χ0) is 7.98. The van der Waals surface area contributed by atoms with Crippen LogP contribution in [0.5, 0.6) is 0 Å². The fourth-order valence-electron chi connectivity index (χ4n) is 0.873. The van der Waals surface area contributed by atoms with E-state index in [4.69, 9.17) is 5.73 Å². The molecule has 0 saturated heterocycles. The number of nitrogens with one attached hydrogen (secondary N) is 1. The highest BCUT2D eigenvalue weighted by Crippen LogP contribution is 1.95. The fraction of sp³-hybridized carbons (Fsp3) is 0.857. The van der Waals surface area contributed by atoms with Gasteiger partial charge in [0.15, 0.2) is 0 Å². The van der Waals surface area contributed by atoms with Crippen LogP contribution in [-0.2, 0) is 4.79 Å². The van der Waals surface area contributed by atoms with Gasteiger partial charge >= 0.3 is 0 Å². The van der Waals surface area contributed by atoms with Gasteiger partial charge in [0, 0.05) is 0 Å². The van der Waals surface area contributed by atoms with Gasteiger partial charge < -0.3 is 11.1 Å². The fourth-order valence-corrected chi connectivity index (χ4v) is 0.873. The summed E-state index contributed by atoms with van der Waals surface area (Å²) in [5, 5.41) is 2.93. The molecule has 0 unspecified atom stereocenters. The SMILES string of the molecule is CN[C@H](CCCN)C(C)=O. The Balaban J connectivity index is 3.50. The van der Waals surface area contributed by atoms with Gasteiger partial charge in [-0.3, -0.25) is 4.79 Å². The Morgan fingerprint density at radius 1 is 1.70 bits per heavy atom. The molecule has 0 saturated carbocycles. The van der Waals surface area contributed by atoms with E-state index in [0.717, 1.165) is 12.8 Å². The molecule has 0 aliphatic rings. The molecule has 60 valence electrons. The molecule has 3 nitrogen and oxygen atoms in total. The second-order valence-electron chi connectivity index (χ2n) is 2.38. The summed E-state index contributed by atoms with van der Waals surface area (Å²) in [6.45, 7) is 2.25. The Morgan fingerprint density at radius 3 is 2.60 bits per heavy atom. The first-order valence-corrected chi connectivity index (χ1v) is 3.60. The van der Waals surface area contributed by atoms with E-state index in [-0.39, 0.29) is 11.8 Å². The van der Waals surface area contributed by atoms with E-state index in [0.29, 0.717) is 6.54 Å². The number of Topliss-reactive ketones (excluding diaryl/α,β-unsaturated/α-hetero) is 1. The molecule has 10 heavy (non-hydrogen) atoms. The number of carbonyl (C=O) groups excluding carboxylic acids is 1.